The van der Waals surface area contributed by atoms with Crippen LogP contribution in [0, 0.1) is 0 Å². The molecule has 0 saturated heterocycles. The Balaban J connectivity index is 1.74. The Labute approximate surface area is 112 Å². The molecule has 0 bridgehead atoms. The molecule has 0 atom stereocenters. The van der Waals surface area contributed by atoms with Crippen LogP contribution in [-0.4, -0.2) is 16.3 Å². The molecule has 19 heavy (non-hydrogen) atoms. The molecule has 1 aliphatic rings. The van der Waals surface area contributed by atoms with E-state index in [0.717, 1.165) is 30.0 Å². The number of fused-ring (bicyclic) bond motifs is 1. The lowest BCUT2D eigenvalue weighted by Crippen LogP contribution is -2.05. The molecule has 0 fully saturated rings. The molecule has 2 aromatic rings. The molecule has 1 aromatic carbocycles. The van der Waals surface area contributed by atoms with Gasteiger partial charge in [0.1, 0.15) is 0 Å². The predicted octanol–water partition coefficient (Wildman–Crippen LogP) is 1.39. The molecular weight excluding hydrogens is 242 g/mol. The van der Waals surface area contributed by atoms with E-state index in [1.165, 1.54) is 11.3 Å². The second-order valence-corrected chi connectivity index (χ2v) is 4.64. The van der Waals surface area contributed by atoms with Crippen LogP contribution in [0.25, 0.3) is 0 Å². The lowest BCUT2D eigenvalue weighted by atomic mass is 10.1. The normalized spacial score (nSPS) is 12.9. The Morgan fingerprint density at radius 3 is 2.95 bits per heavy atom. The summed E-state index contributed by atoms with van der Waals surface area (Å²) >= 11 is 0. The van der Waals surface area contributed by atoms with Crippen molar-refractivity contribution in [3.05, 3.63) is 41.5 Å². The average molecular weight is 259 g/mol. The second kappa shape index (κ2) is 4.93. The van der Waals surface area contributed by atoms with Gasteiger partial charge in [-0.05, 0) is 30.5 Å². The number of aromatic nitrogens is 2. The van der Waals surface area contributed by atoms with Gasteiger partial charge in [0.2, 0.25) is 6.79 Å². The standard InChI is InChI=1S/C14H17N3O2/c1-17-8-16-11(7-15)12(17)4-2-10-3-5-13-14(6-10)19-9-18-13/h3,5-6,8H,2,4,7,9,15H2,1H3. The third-order valence-corrected chi connectivity index (χ3v) is 3.43. The summed E-state index contributed by atoms with van der Waals surface area (Å²) in [4.78, 5) is 4.30. The van der Waals surface area contributed by atoms with Crippen LogP contribution in [0.4, 0.5) is 0 Å². The minimum absolute atomic E-state index is 0.317. The van der Waals surface area contributed by atoms with Crippen LogP contribution in [0.3, 0.4) is 0 Å². The first-order valence-electron chi connectivity index (χ1n) is 6.35. The van der Waals surface area contributed by atoms with Gasteiger partial charge in [0.25, 0.3) is 0 Å². The number of aryl methyl sites for hydroxylation is 2. The van der Waals surface area contributed by atoms with E-state index in [-0.39, 0.29) is 0 Å². The van der Waals surface area contributed by atoms with E-state index in [1.807, 2.05) is 30.1 Å². The van der Waals surface area contributed by atoms with Gasteiger partial charge in [-0.2, -0.15) is 0 Å². The summed E-state index contributed by atoms with van der Waals surface area (Å²) in [5.74, 6) is 1.66. The van der Waals surface area contributed by atoms with Crippen LogP contribution in [-0.2, 0) is 26.4 Å². The zero-order valence-electron chi connectivity index (χ0n) is 10.9. The molecule has 0 aliphatic carbocycles. The summed E-state index contributed by atoms with van der Waals surface area (Å²) in [7, 11) is 2.00. The van der Waals surface area contributed by atoms with Gasteiger partial charge in [0.05, 0.1) is 12.0 Å². The van der Waals surface area contributed by atoms with Gasteiger partial charge in [0, 0.05) is 19.3 Å². The maximum absolute atomic E-state index is 5.69. The fourth-order valence-corrected chi connectivity index (χ4v) is 2.35. The molecule has 2 N–H and O–H groups in total. The number of benzene rings is 1. The lowest BCUT2D eigenvalue weighted by molar-refractivity contribution is 0.174. The number of nitrogens with two attached hydrogens (primary N) is 1. The summed E-state index contributed by atoms with van der Waals surface area (Å²) in [6.45, 7) is 0.801. The van der Waals surface area contributed by atoms with Crippen molar-refractivity contribution >= 4 is 0 Å². The number of ether oxygens (including phenoxy) is 2. The highest BCUT2D eigenvalue weighted by molar-refractivity contribution is 5.44. The number of hydrogen-bond donors (Lipinski definition) is 1. The Hall–Kier alpha value is -2.01. The van der Waals surface area contributed by atoms with Crippen molar-refractivity contribution in [1.29, 1.82) is 0 Å². The first-order chi connectivity index (χ1) is 9.28. The fourth-order valence-electron chi connectivity index (χ4n) is 2.35. The zero-order chi connectivity index (χ0) is 13.2. The van der Waals surface area contributed by atoms with E-state index in [0.29, 0.717) is 13.3 Å². The Morgan fingerprint density at radius 2 is 2.11 bits per heavy atom. The minimum Gasteiger partial charge on any atom is -0.454 e. The quantitative estimate of drug-likeness (QED) is 0.901. The van der Waals surface area contributed by atoms with Gasteiger partial charge in [-0.25, -0.2) is 4.98 Å². The van der Waals surface area contributed by atoms with Crippen LogP contribution in [0.2, 0.25) is 0 Å². The van der Waals surface area contributed by atoms with Crippen molar-refractivity contribution in [3.63, 3.8) is 0 Å². The Morgan fingerprint density at radius 1 is 1.26 bits per heavy atom. The highest BCUT2D eigenvalue weighted by Crippen LogP contribution is 2.32. The summed E-state index contributed by atoms with van der Waals surface area (Å²) < 4.78 is 12.7. The molecule has 0 saturated carbocycles. The number of rotatable bonds is 4. The first-order valence-corrected chi connectivity index (χ1v) is 6.35. The van der Waals surface area contributed by atoms with Crippen molar-refractivity contribution in [3.8, 4) is 11.5 Å². The van der Waals surface area contributed by atoms with Crippen molar-refractivity contribution in [2.24, 2.45) is 12.8 Å². The van der Waals surface area contributed by atoms with E-state index in [2.05, 4.69) is 11.1 Å². The van der Waals surface area contributed by atoms with Crippen molar-refractivity contribution in [2.75, 3.05) is 6.79 Å². The number of imidazole rings is 1. The zero-order valence-corrected chi connectivity index (χ0v) is 10.9. The summed E-state index contributed by atoms with van der Waals surface area (Å²) in [5.41, 5.74) is 9.09. The van der Waals surface area contributed by atoms with E-state index < -0.39 is 0 Å². The fraction of sp³-hybridized carbons (Fsp3) is 0.357. The van der Waals surface area contributed by atoms with Gasteiger partial charge < -0.3 is 19.8 Å². The summed E-state index contributed by atoms with van der Waals surface area (Å²) in [5, 5.41) is 0. The van der Waals surface area contributed by atoms with Crippen molar-refractivity contribution in [1.82, 2.24) is 9.55 Å². The molecular formula is C14H17N3O2. The maximum atomic E-state index is 5.69. The SMILES string of the molecule is Cn1cnc(CN)c1CCc1ccc2c(c1)OCO2. The third-order valence-electron chi connectivity index (χ3n) is 3.43. The number of hydrogen-bond acceptors (Lipinski definition) is 4. The smallest absolute Gasteiger partial charge is 0.231 e. The largest absolute Gasteiger partial charge is 0.454 e. The topological polar surface area (TPSA) is 62.3 Å². The molecule has 0 unspecified atom stereocenters. The van der Waals surface area contributed by atoms with Crippen LogP contribution in [0.1, 0.15) is 17.0 Å². The maximum Gasteiger partial charge on any atom is 0.231 e. The Kier molecular flexibility index (Phi) is 3.13. The van der Waals surface area contributed by atoms with Gasteiger partial charge in [-0.15, -0.1) is 0 Å². The van der Waals surface area contributed by atoms with E-state index >= 15 is 0 Å². The highest BCUT2D eigenvalue weighted by Gasteiger charge is 2.14. The molecule has 0 radical (unpaired) electrons. The molecule has 3 rings (SSSR count). The van der Waals surface area contributed by atoms with Gasteiger partial charge in [-0.1, -0.05) is 6.07 Å². The highest BCUT2D eigenvalue weighted by atomic mass is 16.7. The first kappa shape index (κ1) is 12.0. The van der Waals surface area contributed by atoms with Gasteiger partial charge >= 0.3 is 0 Å². The molecule has 1 aliphatic heterocycles. The van der Waals surface area contributed by atoms with Crippen molar-refractivity contribution in [2.45, 2.75) is 19.4 Å². The van der Waals surface area contributed by atoms with E-state index in [4.69, 9.17) is 15.2 Å². The van der Waals surface area contributed by atoms with Crippen LogP contribution < -0.4 is 15.2 Å². The lowest BCUT2D eigenvalue weighted by Gasteiger charge is -2.06. The van der Waals surface area contributed by atoms with Gasteiger partial charge in [-0.3, -0.25) is 0 Å². The van der Waals surface area contributed by atoms with Crippen LogP contribution in [0.15, 0.2) is 24.5 Å². The predicted molar refractivity (Wildman–Crippen MR) is 71.1 cm³/mol. The van der Waals surface area contributed by atoms with Crippen LogP contribution in [0.5, 0.6) is 11.5 Å². The average Bonchev–Trinajstić information content (AvgIpc) is 3.02. The molecule has 2 heterocycles. The van der Waals surface area contributed by atoms with Crippen LogP contribution >= 0.6 is 0 Å². The molecule has 0 amide bonds. The van der Waals surface area contributed by atoms with E-state index in [9.17, 15) is 0 Å². The minimum atomic E-state index is 0.317. The van der Waals surface area contributed by atoms with Crippen molar-refractivity contribution < 1.29 is 9.47 Å². The molecule has 5 nitrogen and oxygen atoms in total. The summed E-state index contributed by atoms with van der Waals surface area (Å²) in [6, 6.07) is 6.08. The molecule has 100 valence electrons. The monoisotopic (exact) mass is 259 g/mol. The van der Waals surface area contributed by atoms with Gasteiger partial charge in [0.15, 0.2) is 11.5 Å². The molecule has 1 aromatic heterocycles. The number of nitrogens with zero attached hydrogens (tertiary/aromatic N) is 2. The summed E-state index contributed by atoms with van der Waals surface area (Å²) in [6.07, 6.45) is 3.67. The van der Waals surface area contributed by atoms with E-state index in [1.54, 1.807) is 0 Å². The molecule has 5 heteroatoms. The third kappa shape index (κ3) is 2.29. The Bertz CT molecular complexity index is 592. The molecule has 0 spiro atoms. The second-order valence-electron chi connectivity index (χ2n) is 4.64.